The predicted molar refractivity (Wildman–Crippen MR) is 73.8 cm³/mol. The van der Waals surface area contributed by atoms with Gasteiger partial charge in [-0.25, -0.2) is 0 Å². The number of amides is 1. The normalized spacial score (nSPS) is 29.4. The van der Waals surface area contributed by atoms with Crippen LogP contribution < -0.4 is 5.32 Å². The lowest BCUT2D eigenvalue weighted by Crippen LogP contribution is -2.47. The number of β-amino-alcohol motifs (C(OH)–C–C–N with tert-alkyl or cyclic N) is 1. The summed E-state index contributed by atoms with van der Waals surface area (Å²) in [5, 5.41) is 12.5. The van der Waals surface area contributed by atoms with Crippen LogP contribution >= 0.6 is 12.4 Å². The number of aliphatic hydroxyl groups excluding tert-OH is 1. The molecule has 0 bridgehead atoms. The molecule has 0 aromatic rings. The van der Waals surface area contributed by atoms with Crippen LogP contribution in [0.3, 0.4) is 0 Å². The molecule has 2 fully saturated rings. The van der Waals surface area contributed by atoms with E-state index < -0.39 is 0 Å². The lowest BCUT2D eigenvalue weighted by atomic mass is 9.86. The molecule has 2 aliphatic heterocycles. The van der Waals surface area contributed by atoms with Crippen LogP contribution in [0.2, 0.25) is 0 Å². The number of hydrogen-bond acceptors (Lipinski definition) is 3. The molecule has 0 aromatic carbocycles. The van der Waals surface area contributed by atoms with Crippen molar-refractivity contribution in [2.24, 2.45) is 11.8 Å². The van der Waals surface area contributed by atoms with Crippen molar-refractivity contribution in [3.05, 3.63) is 0 Å². The van der Waals surface area contributed by atoms with Gasteiger partial charge in [-0.3, -0.25) is 4.79 Å². The molecule has 1 amide bonds. The summed E-state index contributed by atoms with van der Waals surface area (Å²) < 4.78 is 0. The highest BCUT2D eigenvalue weighted by molar-refractivity contribution is 5.85. The molecular formula is C13H25ClN2O2. The Morgan fingerprint density at radius 2 is 1.94 bits per heavy atom. The minimum Gasteiger partial charge on any atom is -0.392 e. The van der Waals surface area contributed by atoms with Crippen molar-refractivity contribution in [2.75, 3.05) is 19.6 Å². The summed E-state index contributed by atoms with van der Waals surface area (Å²) in [6.45, 7) is 6.85. The molecule has 0 spiro atoms. The van der Waals surface area contributed by atoms with Crippen molar-refractivity contribution in [2.45, 2.75) is 45.3 Å². The monoisotopic (exact) mass is 276 g/mol. The zero-order chi connectivity index (χ0) is 12.4. The smallest absolute Gasteiger partial charge is 0.239 e. The van der Waals surface area contributed by atoms with E-state index in [2.05, 4.69) is 19.2 Å². The fraction of sp³-hybridized carbons (Fsp3) is 0.923. The van der Waals surface area contributed by atoms with Gasteiger partial charge in [0, 0.05) is 19.6 Å². The Morgan fingerprint density at radius 1 is 1.33 bits per heavy atom. The van der Waals surface area contributed by atoms with Crippen LogP contribution in [0.5, 0.6) is 0 Å². The molecule has 2 saturated heterocycles. The van der Waals surface area contributed by atoms with Crippen LogP contribution in [-0.4, -0.2) is 47.7 Å². The third kappa shape index (κ3) is 3.59. The molecule has 2 rings (SSSR count). The summed E-state index contributed by atoms with van der Waals surface area (Å²) in [6, 6.07) is -0.152. The first-order chi connectivity index (χ1) is 8.08. The number of carbonyl (C=O) groups is 1. The number of nitrogens with zero attached hydrogens (tertiary/aromatic N) is 1. The molecule has 106 valence electrons. The average Bonchev–Trinajstić information content (AvgIpc) is 2.75. The van der Waals surface area contributed by atoms with Gasteiger partial charge in [-0.05, 0) is 31.1 Å². The standard InChI is InChI=1S/C13H24N2O2.ClH/c1-9(2)10-3-5-15(6-4-10)13(17)12-7-11(16)8-14-12;/h9-12,14,16H,3-8H2,1-2H3;1H. The van der Waals surface area contributed by atoms with E-state index in [4.69, 9.17) is 0 Å². The van der Waals surface area contributed by atoms with E-state index in [0.29, 0.717) is 13.0 Å². The second-order valence-corrected chi connectivity index (χ2v) is 5.76. The highest BCUT2D eigenvalue weighted by atomic mass is 35.5. The van der Waals surface area contributed by atoms with Crippen LogP contribution in [0, 0.1) is 11.8 Å². The van der Waals surface area contributed by atoms with Crippen LogP contribution in [0.25, 0.3) is 0 Å². The molecule has 2 heterocycles. The van der Waals surface area contributed by atoms with E-state index in [9.17, 15) is 9.90 Å². The van der Waals surface area contributed by atoms with E-state index in [1.807, 2.05) is 4.90 Å². The Bertz CT molecular complexity index is 278. The van der Waals surface area contributed by atoms with Crippen molar-refractivity contribution in [3.63, 3.8) is 0 Å². The fourth-order valence-electron chi connectivity index (χ4n) is 2.91. The predicted octanol–water partition coefficient (Wildman–Crippen LogP) is 1.03. The Labute approximate surface area is 116 Å². The van der Waals surface area contributed by atoms with Gasteiger partial charge in [-0.15, -0.1) is 12.4 Å². The molecule has 0 aliphatic carbocycles. The molecule has 2 unspecified atom stereocenters. The summed E-state index contributed by atoms with van der Waals surface area (Å²) in [5.74, 6) is 1.67. The molecule has 18 heavy (non-hydrogen) atoms. The van der Waals surface area contributed by atoms with Gasteiger partial charge in [0.1, 0.15) is 0 Å². The van der Waals surface area contributed by atoms with Crippen molar-refractivity contribution < 1.29 is 9.90 Å². The van der Waals surface area contributed by atoms with Gasteiger partial charge in [-0.1, -0.05) is 13.8 Å². The highest BCUT2D eigenvalue weighted by Gasteiger charge is 2.33. The number of nitrogens with one attached hydrogen (secondary N) is 1. The van der Waals surface area contributed by atoms with Crippen molar-refractivity contribution >= 4 is 18.3 Å². The molecule has 2 aliphatic rings. The van der Waals surface area contributed by atoms with E-state index in [1.165, 1.54) is 0 Å². The first-order valence-electron chi connectivity index (χ1n) is 6.78. The van der Waals surface area contributed by atoms with Gasteiger partial charge in [0.15, 0.2) is 0 Å². The molecule has 4 nitrogen and oxygen atoms in total. The first-order valence-corrected chi connectivity index (χ1v) is 6.78. The lowest BCUT2D eigenvalue weighted by molar-refractivity contribution is -0.134. The summed E-state index contributed by atoms with van der Waals surface area (Å²) in [5.41, 5.74) is 0. The molecular weight excluding hydrogens is 252 g/mol. The number of carbonyl (C=O) groups excluding carboxylic acids is 1. The fourth-order valence-corrected chi connectivity index (χ4v) is 2.91. The van der Waals surface area contributed by atoms with E-state index >= 15 is 0 Å². The second-order valence-electron chi connectivity index (χ2n) is 5.76. The Balaban J connectivity index is 0.00000162. The van der Waals surface area contributed by atoms with E-state index in [1.54, 1.807) is 0 Å². The highest BCUT2D eigenvalue weighted by Crippen LogP contribution is 2.25. The van der Waals surface area contributed by atoms with E-state index in [0.717, 1.165) is 37.8 Å². The van der Waals surface area contributed by atoms with Gasteiger partial charge in [0.25, 0.3) is 0 Å². The van der Waals surface area contributed by atoms with Gasteiger partial charge in [0.2, 0.25) is 5.91 Å². The maximum atomic E-state index is 12.2. The molecule has 2 N–H and O–H groups in total. The van der Waals surface area contributed by atoms with Crippen molar-refractivity contribution in [1.29, 1.82) is 0 Å². The third-order valence-electron chi connectivity index (χ3n) is 4.20. The summed E-state index contributed by atoms with van der Waals surface area (Å²) in [7, 11) is 0. The van der Waals surface area contributed by atoms with Gasteiger partial charge >= 0.3 is 0 Å². The topological polar surface area (TPSA) is 52.6 Å². The van der Waals surface area contributed by atoms with Crippen LogP contribution in [0.4, 0.5) is 0 Å². The van der Waals surface area contributed by atoms with Gasteiger partial charge in [-0.2, -0.15) is 0 Å². The molecule has 2 atom stereocenters. The van der Waals surface area contributed by atoms with Crippen LogP contribution in [-0.2, 0) is 4.79 Å². The minimum atomic E-state index is -0.350. The SMILES string of the molecule is CC(C)C1CCN(C(=O)C2CC(O)CN2)CC1.Cl. The number of likely N-dealkylation sites (tertiary alicyclic amines) is 1. The molecule has 0 saturated carbocycles. The third-order valence-corrected chi connectivity index (χ3v) is 4.20. The first kappa shape index (κ1) is 15.7. The molecule has 0 radical (unpaired) electrons. The number of rotatable bonds is 2. The largest absolute Gasteiger partial charge is 0.392 e. The summed E-state index contributed by atoms with van der Waals surface area (Å²) in [4.78, 5) is 14.1. The summed E-state index contributed by atoms with van der Waals surface area (Å²) in [6.07, 6.45) is 2.47. The minimum absolute atomic E-state index is 0. The van der Waals surface area contributed by atoms with Gasteiger partial charge < -0.3 is 15.3 Å². The van der Waals surface area contributed by atoms with Crippen molar-refractivity contribution in [1.82, 2.24) is 10.2 Å². The number of halogens is 1. The summed E-state index contributed by atoms with van der Waals surface area (Å²) >= 11 is 0. The quantitative estimate of drug-likeness (QED) is 0.792. The maximum absolute atomic E-state index is 12.2. The second kappa shape index (κ2) is 6.73. The average molecular weight is 277 g/mol. The molecule has 5 heteroatoms. The van der Waals surface area contributed by atoms with Gasteiger partial charge in [0.05, 0.1) is 12.1 Å². The Hall–Kier alpha value is -0.320. The Morgan fingerprint density at radius 3 is 2.39 bits per heavy atom. The number of piperidine rings is 1. The zero-order valence-corrected chi connectivity index (χ0v) is 12.1. The van der Waals surface area contributed by atoms with Crippen LogP contribution in [0.1, 0.15) is 33.1 Å². The zero-order valence-electron chi connectivity index (χ0n) is 11.3. The maximum Gasteiger partial charge on any atom is 0.239 e. The Kier molecular flexibility index (Phi) is 5.89. The van der Waals surface area contributed by atoms with Crippen LogP contribution in [0.15, 0.2) is 0 Å². The lowest BCUT2D eigenvalue weighted by Gasteiger charge is -2.35. The molecule has 0 aromatic heterocycles. The van der Waals surface area contributed by atoms with Crippen molar-refractivity contribution in [3.8, 4) is 0 Å². The number of aliphatic hydroxyl groups is 1. The van der Waals surface area contributed by atoms with E-state index in [-0.39, 0.29) is 30.5 Å². The number of hydrogen-bond donors (Lipinski definition) is 2.